The number of halogens is 1. The van der Waals surface area contributed by atoms with Crippen LogP contribution in [-0.2, 0) is 9.53 Å². The second-order valence-corrected chi connectivity index (χ2v) is 6.67. The van der Waals surface area contributed by atoms with E-state index in [0.717, 1.165) is 35.8 Å². The predicted molar refractivity (Wildman–Crippen MR) is 94.3 cm³/mol. The second kappa shape index (κ2) is 8.89. The van der Waals surface area contributed by atoms with E-state index < -0.39 is 0 Å². The van der Waals surface area contributed by atoms with Gasteiger partial charge in [0.25, 0.3) is 5.91 Å². The number of fused-ring (bicyclic) bond motifs is 1. The number of nitrogens with one attached hydrogen (secondary N) is 1. The van der Waals surface area contributed by atoms with Gasteiger partial charge in [-0.05, 0) is 18.9 Å². The van der Waals surface area contributed by atoms with Gasteiger partial charge in [0, 0.05) is 23.1 Å². The van der Waals surface area contributed by atoms with Crippen LogP contribution in [0.5, 0.6) is 0 Å². The molecule has 0 unspecified atom stereocenters. The first-order valence-corrected chi connectivity index (χ1v) is 8.85. The van der Waals surface area contributed by atoms with E-state index in [4.69, 9.17) is 11.6 Å². The highest BCUT2D eigenvalue weighted by molar-refractivity contribution is 7.21. The smallest absolute Gasteiger partial charge is 0.305 e. The minimum atomic E-state index is -0.169. The lowest BCUT2D eigenvalue weighted by Gasteiger charge is -2.04. The maximum Gasteiger partial charge on any atom is 0.305 e. The van der Waals surface area contributed by atoms with Crippen LogP contribution in [0.3, 0.4) is 0 Å². The number of hydrogen-bond donors (Lipinski definition) is 1. The summed E-state index contributed by atoms with van der Waals surface area (Å²) in [5.74, 6) is -0.288. The average molecular weight is 354 g/mol. The number of benzene rings is 1. The molecule has 4 nitrogen and oxygen atoms in total. The molecule has 2 rings (SSSR count). The normalized spacial score (nSPS) is 10.7. The maximum atomic E-state index is 12.2. The first-order valence-electron chi connectivity index (χ1n) is 7.65. The molecule has 0 spiro atoms. The van der Waals surface area contributed by atoms with Gasteiger partial charge >= 0.3 is 5.97 Å². The molecule has 1 amide bonds. The Morgan fingerprint density at radius 1 is 1.17 bits per heavy atom. The number of carbonyl (C=O) groups is 2. The quantitative estimate of drug-likeness (QED) is 0.565. The zero-order chi connectivity index (χ0) is 16.7. The third kappa shape index (κ3) is 4.94. The van der Waals surface area contributed by atoms with Crippen molar-refractivity contribution in [3.05, 3.63) is 34.2 Å². The Morgan fingerprint density at radius 2 is 1.91 bits per heavy atom. The minimum Gasteiger partial charge on any atom is -0.469 e. The molecular weight excluding hydrogens is 334 g/mol. The lowest BCUT2D eigenvalue weighted by molar-refractivity contribution is -0.140. The van der Waals surface area contributed by atoms with Gasteiger partial charge in [0.15, 0.2) is 0 Å². The van der Waals surface area contributed by atoms with Crippen LogP contribution in [0.25, 0.3) is 10.1 Å². The summed E-state index contributed by atoms with van der Waals surface area (Å²) < 4.78 is 5.61. The third-order valence-electron chi connectivity index (χ3n) is 3.56. The third-order valence-corrected chi connectivity index (χ3v) is 5.24. The molecule has 124 valence electrons. The van der Waals surface area contributed by atoms with Crippen molar-refractivity contribution in [2.45, 2.75) is 32.1 Å². The maximum absolute atomic E-state index is 12.2. The van der Waals surface area contributed by atoms with Crippen molar-refractivity contribution in [2.24, 2.45) is 0 Å². The summed E-state index contributed by atoms with van der Waals surface area (Å²) in [5, 5.41) is 4.36. The number of thiophene rings is 1. The van der Waals surface area contributed by atoms with E-state index in [1.54, 1.807) is 0 Å². The molecule has 1 N–H and O–H groups in total. The first-order chi connectivity index (χ1) is 11.1. The van der Waals surface area contributed by atoms with E-state index in [1.165, 1.54) is 18.4 Å². The molecule has 0 aliphatic rings. The Labute approximate surface area is 144 Å². The van der Waals surface area contributed by atoms with Crippen LogP contribution >= 0.6 is 22.9 Å². The van der Waals surface area contributed by atoms with Crippen molar-refractivity contribution in [2.75, 3.05) is 13.7 Å². The van der Waals surface area contributed by atoms with Crippen molar-refractivity contribution >= 4 is 44.9 Å². The van der Waals surface area contributed by atoms with Gasteiger partial charge in [0.1, 0.15) is 4.88 Å². The van der Waals surface area contributed by atoms with Gasteiger partial charge in [-0.2, -0.15) is 0 Å². The number of ether oxygens (including phenoxy) is 1. The fraction of sp³-hybridized carbons (Fsp3) is 0.412. The van der Waals surface area contributed by atoms with E-state index in [2.05, 4.69) is 10.1 Å². The predicted octanol–water partition coefficient (Wildman–Crippen LogP) is 4.41. The largest absolute Gasteiger partial charge is 0.469 e. The van der Waals surface area contributed by atoms with E-state index in [1.807, 2.05) is 24.3 Å². The van der Waals surface area contributed by atoms with Crippen LogP contribution in [0.15, 0.2) is 24.3 Å². The van der Waals surface area contributed by atoms with Crippen molar-refractivity contribution in [3.8, 4) is 0 Å². The van der Waals surface area contributed by atoms with Crippen LogP contribution in [0.4, 0.5) is 0 Å². The van der Waals surface area contributed by atoms with Gasteiger partial charge in [0.2, 0.25) is 0 Å². The Bertz CT molecular complexity index is 684. The van der Waals surface area contributed by atoms with Crippen molar-refractivity contribution in [1.82, 2.24) is 5.32 Å². The van der Waals surface area contributed by atoms with Crippen LogP contribution < -0.4 is 5.32 Å². The number of amides is 1. The summed E-state index contributed by atoms with van der Waals surface area (Å²) in [6.45, 7) is 0.613. The summed E-state index contributed by atoms with van der Waals surface area (Å²) in [5.41, 5.74) is 0. The summed E-state index contributed by atoms with van der Waals surface area (Å²) >= 11 is 7.70. The molecule has 0 saturated heterocycles. The number of methoxy groups -OCH3 is 1. The Kier molecular flexibility index (Phi) is 6.86. The van der Waals surface area contributed by atoms with Crippen molar-refractivity contribution in [3.63, 3.8) is 0 Å². The molecule has 2 aromatic rings. The molecule has 0 radical (unpaired) electrons. The van der Waals surface area contributed by atoms with E-state index in [9.17, 15) is 9.59 Å². The van der Waals surface area contributed by atoms with E-state index >= 15 is 0 Å². The molecule has 0 aliphatic heterocycles. The highest BCUT2D eigenvalue weighted by Gasteiger charge is 2.16. The van der Waals surface area contributed by atoms with Gasteiger partial charge in [-0.25, -0.2) is 0 Å². The summed E-state index contributed by atoms with van der Waals surface area (Å²) in [6.07, 6.45) is 4.09. The van der Waals surface area contributed by atoms with Gasteiger partial charge in [-0.3, -0.25) is 9.59 Å². The fourth-order valence-electron chi connectivity index (χ4n) is 2.29. The zero-order valence-corrected chi connectivity index (χ0v) is 14.6. The number of carbonyl (C=O) groups excluding carboxylic acids is 2. The van der Waals surface area contributed by atoms with Crippen LogP contribution in [0.1, 0.15) is 41.8 Å². The highest BCUT2D eigenvalue weighted by Crippen LogP contribution is 2.34. The lowest BCUT2D eigenvalue weighted by Crippen LogP contribution is -2.23. The van der Waals surface area contributed by atoms with Crippen LogP contribution in [0, 0.1) is 0 Å². The molecule has 0 atom stereocenters. The Hall–Kier alpha value is -1.59. The number of esters is 1. The number of hydrogen-bond acceptors (Lipinski definition) is 4. The molecule has 23 heavy (non-hydrogen) atoms. The molecule has 0 fully saturated rings. The highest BCUT2D eigenvalue weighted by atomic mass is 35.5. The van der Waals surface area contributed by atoms with E-state index in [0.29, 0.717) is 22.9 Å². The SMILES string of the molecule is COC(=O)CCCCCCNC(=O)c1sc2ccccc2c1Cl. The molecule has 0 aliphatic carbocycles. The zero-order valence-electron chi connectivity index (χ0n) is 13.1. The minimum absolute atomic E-state index is 0.120. The molecule has 1 aromatic carbocycles. The lowest BCUT2D eigenvalue weighted by atomic mass is 10.1. The molecular formula is C17H20ClNO3S. The fourth-order valence-corrected chi connectivity index (χ4v) is 3.73. The van der Waals surface area contributed by atoms with Gasteiger partial charge < -0.3 is 10.1 Å². The first kappa shape index (κ1) is 17.8. The molecule has 0 saturated carbocycles. The monoisotopic (exact) mass is 353 g/mol. The van der Waals surface area contributed by atoms with Crippen LogP contribution in [-0.4, -0.2) is 25.5 Å². The van der Waals surface area contributed by atoms with Crippen molar-refractivity contribution in [1.29, 1.82) is 0 Å². The van der Waals surface area contributed by atoms with Crippen molar-refractivity contribution < 1.29 is 14.3 Å². The summed E-state index contributed by atoms with van der Waals surface area (Å²) in [7, 11) is 1.40. The van der Waals surface area contributed by atoms with Gasteiger partial charge in [-0.15, -0.1) is 11.3 Å². The second-order valence-electron chi connectivity index (χ2n) is 5.24. The van der Waals surface area contributed by atoms with Gasteiger partial charge in [-0.1, -0.05) is 42.6 Å². The Balaban J connectivity index is 1.72. The number of rotatable bonds is 8. The summed E-state index contributed by atoms with van der Waals surface area (Å²) in [4.78, 5) is 23.7. The molecule has 0 bridgehead atoms. The van der Waals surface area contributed by atoms with Crippen LogP contribution in [0.2, 0.25) is 5.02 Å². The molecule has 1 heterocycles. The number of unbranched alkanes of at least 4 members (excludes halogenated alkanes) is 3. The standard InChI is InChI=1S/C17H20ClNO3S/c1-22-14(20)10-4-2-3-7-11-19-17(21)16-15(18)12-8-5-6-9-13(12)23-16/h5-6,8-9H,2-4,7,10-11H2,1H3,(H,19,21). The Morgan fingerprint density at radius 3 is 2.65 bits per heavy atom. The van der Waals surface area contributed by atoms with Gasteiger partial charge in [0.05, 0.1) is 12.1 Å². The topological polar surface area (TPSA) is 55.4 Å². The molecule has 6 heteroatoms. The average Bonchev–Trinajstić information content (AvgIpc) is 2.91. The molecule has 1 aromatic heterocycles. The van der Waals surface area contributed by atoms with E-state index in [-0.39, 0.29) is 11.9 Å². The summed E-state index contributed by atoms with van der Waals surface area (Å²) in [6, 6.07) is 7.73.